The van der Waals surface area contributed by atoms with E-state index in [4.69, 9.17) is 4.74 Å². The summed E-state index contributed by atoms with van der Waals surface area (Å²) in [5.41, 5.74) is 1.93. The number of nitrogens with zero attached hydrogens (tertiary/aromatic N) is 2. The number of pyridine rings is 2. The zero-order chi connectivity index (χ0) is 15.6. The summed E-state index contributed by atoms with van der Waals surface area (Å²) >= 11 is 0. The van der Waals surface area contributed by atoms with Gasteiger partial charge in [0.25, 0.3) is 0 Å². The number of ether oxygens (including phenoxy) is 1. The van der Waals surface area contributed by atoms with Gasteiger partial charge in [-0.25, -0.2) is 4.98 Å². The highest BCUT2D eigenvalue weighted by Crippen LogP contribution is 2.31. The fraction of sp³-hybridized carbons (Fsp3) is 0.263. The Labute approximate surface area is 135 Å². The molecule has 1 N–H and O–H groups in total. The molecule has 4 rings (SSSR count). The lowest BCUT2D eigenvalue weighted by Gasteiger charge is -2.10. The second-order valence-corrected chi connectivity index (χ2v) is 6.11. The zero-order valence-corrected chi connectivity index (χ0v) is 13.1. The standard InChI is InChI=1S/C19H19N3O/c1-13-2-5-16(11-21-13)22-19-18-7-6-17(23-12-14-3-4-14)10-15(18)8-9-20-19/h2,5-11,14H,3-4,12H2,1H3,(H,20,22). The summed E-state index contributed by atoms with van der Waals surface area (Å²) in [6, 6.07) is 12.2. The summed E-state index contributed by atoms with van der Waals surface area (Å²) in [6.45, 7) is 2.81. The van der Waals surface area contributed by atoms with E-state index in [0.717, 1.165) is 46.2 Å². The van der Waals surface area contributed by atoms with E-state index >= 15 is 0 Å². The second-order valence-electron chi connectivity index (χ2n) is 6.11. The molecule has 2 heterocycles. The SMILES string of the molecule is Cc1ccc(Nc2nccc3cc(OCC4CC4)ccc23)cn1. The molecule has 116 valence electrons. The average Bonchev–Trinajstić information content (AvgIpc) is 3.39. The van der Waals surface area contributed by atoms with Gasteiger partial charge < -0.3 is 10.1 Å². The smallest absolute Gasteiger partial charge is 0.138 e. The first-order chi connectivity index (χ1) is 11.3. The van der Waals surface area contributed by atoms with Crippen molar-refractivity contribution in [1.82, 2.24) is 9.97 Å². The van der Waals surface area contributed by atoms with E-state index in [9.17, 15) is 0 Å². The van der Waals surface area contributed by atoms with Crippen molar-refractivity contribution in [3.05, 3.63) is 54.5 Å². The van der Waals surface area contributed by atoms with Crippen molar-refractivity contribution in [3.8, 4) is 5.75 Å². The van der Waals surface area contributed by atoms with Gasteiger partial charge >= 0.3 is 0 Å². The van der Waals surface area contributed by atoms with Gasteiger partial charge in [-0.2, -0.15) is 0 Å². The Kier molecular flexibility index (Phi) is 3.58. The monoisotopic (exact) mass is 305 g/mol. The molecule has 1 fully saturated rings. The van der Waals surface area contributed by atoms with Crippen molar-refractivity contribution in [2.24, 2.45) is 5.92 Å². The molecule has 4 heteroatoms. The Morgan fingerprint density at radius 2 is 2.04 bits per heavy atom. The highest BCUT2D eigenvalue weighted by Gasteiger charge is 2.21. The van der Waals surface area contributed by atoms with E-state index in [1.165, 1.54) is 12.8 Å². The molecule has 0 aliphatic heterocycles. The quantitative estimate of drug-likeness (QED) is 0.755. The first-order valence-electron chi connectivity index (χ1n) is 7.99. The molecule has 0 radical (unpaired) electrons. The first-order valence-corrected chi connectivity index (χ1v) is 7.99. The number of anilines is 2. The van der Waals surface area contributed by atoms with Gasteiger partial charge in [-0.1, -0.05) is 0 Å². The highest BCUT2D eigenvalue weighted by molar-refractivity contribution is 5.93. The van der Waals surface area contributed by atoms with Gasteiger partial charge in [0.1, 0.15) is 11.6 Å². The molecular formula is C19H19N3O. The Morgan fingerprint density at radius 3 is 2.83 bits per heavy atom. The van der Waals surface area contributed by atoms with E-state index in [2.05, 4.69) is 27.4 Å². The maximum absolute atomic E-state index is 5.86. The third-order valence-electron chi connectivity index (χ3n) is 4.09. The molecule has 0 spiro atoms. The van der Waals surface area contributed by atoms with Crippen LogP contribution in [0.3, 0.4) is 0 Å². The first kappa shape index (κ1) is 14.0. The van der Waals surface area contributed by atoms with Gasteiger partial charge in [0, 0.05) is 17.3 Å². The molecule has 0 saturated heterocycles. The molecule has 0 unspecified atom stereocenters. The Bertz CT molecular complexity index is 826. The second kappa shape index (κ2) is 5.88. The Morgan fingerprint density at radius 1 is 1.13 bits per heavy atom. The molecule has 0 atom stereocenters. The van der Waals surface area contributed by atoms with Gasteiger partial charge in [-0.3, -0.25) is 4.98 Å². The maximum atomic E-state index is 5.86. The predicted molar refractivity (Wildman–Crippen MR) is 92.2 cm³/mol. The van der Waals surface area contributed by atoms with Crippen LogP contribution in [0, 0.1) is 12.8 Å². The van der Waals surface area contributed by atoms with Crippen molar-refractivity contribution >= 4 is 22.3 Å². The third kappa shape index (κ3) is 3.26. The third-order valence-corrected chi connectivity index (χ3v) is 4.09. The summed E-state index contributed by atoms with van der Waals surface area (Å²) in [4.78, 5) is 8.76. The predicted octanol–water partition coefficient (Wildman–Crippen LogP) is 4.47. The van der Waals surface area contributed by atoms with Gasteiger partial charge in [-0.15, -0.1) is 0 Å². The molecule has 0 amide bonds. The number of aromatic nitrogens is 2. The minimum Gasteiger partial charge on any atom is -0.493 e. The van der Waals surface area contributed by atoms with Crippen LogP contribution in [0.5, 0.6) is 5.75 Å². The number of rotatable bonds is 5. The molecule has 1 aliphatic carbocycles. The number of fused-ring (bicyclic) bond motifs is 1. The van der Waals surface area contributed by atoms with Crippen molar-refractivity contribution in [1.29, 1.82) is 0 Å². The molecule has 1 saturated carbocycles. The van der Waals surface area contributed by atoms with E-state index in [0.29, 0.717) is 0 Å². The summed E-state index contributed by atoms with van der Waals surface area (Å²) in [7, 11) is 0. The molecule has 23 heavy (non-hydrogen) atoms. The molecule has 1 aliphatic rings. The molecule has 2 aromatic heterocycles. The molecular weight excluding hydrogens is 286 g/mol. The van der Waals surface area contributed by atoms with Crippen molar-refractivity contribution in [2.75, 3.05) is 11.9 Å². The van der Waals surface area contributed by atoms with Crippen molar-refractivity contribution in [2.45, 2.75) is 19.8 Å². The van der Waals surface area contributed by atoms with Crippen LogP contribution in [-0.4, -0.2) is 16.6 Å². The van der Waals surface area contributed by atoms with Crippen LogP contribution in [0.25, 0.3) is 10.8 Å². The van der Waals surface area contributed by atoms with Crippen LogP contribution >= 0.6 is 0 Å². The Balaban J connectivity index is 1.60. The molecule has 1 aromatic carbocycles. The number of benzene rings is 1. The average molecular weight is 305 g/mol. The maximum Gasteiger partial charge on any atom is 0.138 e. The topological polar surface area (TPSA) is 47.0 Å². The minimum atomic E-state index is 0.759. The number of nitrogens with one attached hydrogen (secondary N) is 1. The fourth-order valence-corrected chi connectivity index (χ4v) is 2.52. The van der Waals surface area contributed by atoms with Gasteiger partial charge in [0.2, 0.25) is 0 Å². The van der Waals surface area contributed by atoms with Crippen LogP contribution in [0.15, 0.2) is 48.8 Å². The summed E-state index contributed by atoms with van der Waals surface area (Å²) in [5, 5.41) is 5.54. The van der Waals surface area contributed by atoms with Gasteiger partial charge in [0.15, 0.2) is 0 Å². The lowest BCUT2D eigenvalue weighted by atomic mass is 10.1. The number of hydrogen-bond donors (Lipinski definition) is 1. The molecule has 4 nitrogen and oxygen atoms in total. The van der Waals surface area contributed by atoms with Crippen molar-refractivity contribution in [3.63, 3.8) is 0 Å². The van der Waals surface area contributed by atoms with Crippen molar-refractivity contribution < 1.29 is 4.74 Å². The van der Waals surface area contributed by atoms with Gasteiger partial charge in [0.05, 0.1) is 18.5 Å². The van der Waals surface area contributed by atoms with E-state index in [-0.39, 0.29) is 0 Å². The summed E-state index contributed by atoms with van der Waals surface area (Å²) in [6.07, 6.45) is 6.24. The van der Waals surface area contributed by atoms with Crippen LogP contribution in [-0.2, 0) is 0 Å². The van der Waals surface area contributed by atoms with E-state index < -0.39 is 0 Å². The normalized spacial score (nSPS) is 14.0. The highest BCUT2D eigenvalue weighted by atomic mass is 16.5. The fourth-order valence-electron chi connectivity index (χ4n) is 2.52. The Hall–Kier alpha value is -2.62. The van der Waals surface area contributed by atoms with Gasteiger partial charge in [-0.05, 0) is 67.5 Å². The molecule has 0 bridgehead atoms. The lowest BCUT2D eigenvalue weighted by Crippen LogP contribution is -1.99. The van der Waals surface area contributed by atoms with Crippen LogP contribution < -0.4 is 10.1 Å². The number of aryl methyl sites for hydroxylation is 1. The minimum absolute atomic E-state index is 0.759. The van der Waals surface area contributed by atoms with Crippen LogP contribution in [0.4, 0.5) is 11.5 Å². The zero-order valence-electron chi connectivity index (χ0n) is 13.1. The largest absolute Gasteiger partial charge is 0.493 e. The van der Waals surface area contributed by atoms with E-state index in [1.54, 1.807) is 0 Å². The number of hydrogen-bond acceptors (Lipinski definition) is 4. The molecule has 3 aromatic rings. The van der Waals surface area contributed by atoms with Crippen LogP contribution in [0.1, 0.15) is 18.5 Å². The summed E-state index contributed by atoms with van der Waals surface area (Å²) in [5.74, 6) is 2.52. The van der Waals surface area contributed by atoms with E-state index in [1.807, 2.05) is 43.6 Å². The summed E-state index contributed by atoms with van der Waals surface area (Å²) < 4.78 is 5.86. The van der Waals surface area contributed by atoms with Crippen LogP contribution in [0.2, 0.25) is 0 Å². The lowest BCUT2D eigenvalue weighted by molar-refractivity contribution is 0.300.